The van der Waals surface area contributed by atoms with E-state index in [1.54, 1.807) is 0 Å². The predicted molar refractivity (Wildman–Crippen MR) is 97.5 cm³/mol. The second kappa shape index (κ2) is 7.71. The maximum absolute atomic E-state index is 13.9. The minimum absolute atomic E-state index is 0.0464. The number of benzene rings is 2. The molecule has 0 aliphatic carbocycles. The lowest BCUT2D eigenvalue weighted by molar-refractivity contribution is 0.0698. The quantitative estimate of drug-likeness (QED) is 0.743. The molecule has 0 unspecified atom stereocenters. The third-order valence-corrected chi connectivity index (χ3v) is 6.66. The van der Waals surface area contributed by atoms with Crippen LogP contribution in [0.4, 0.5) is 8.78 Å². The normalized spacial score (nSPS) is 15.8. The van der Waals surface area contributed by atoms with E-state index < -0.39 is 26.6 Å². The van der Waals surface area contributed by atoms with Crippen molar-refractivity contribution in [1.29, 1.82) is 0 Å². The van der Waals surface area contributed by atoms with Crippen LogP contribution < -0.4 is 0 Å². The maximum atomic E-state index is 13.9. The van der Waals surface area contributed by atoms with Crippen molar-refractivity contribution in [3.63, 3.8) is 0 Å². The average Bonchev–Trinajstić information content (AvgIpc) is 2.63. The lowest BCUT2D eigenvalue weighted by Gasteiger charge is -2.34. The molecule has 0 bridgehead atoms. The van der Waals surface area contributed by atoms with E-state index in [1.165, 1.54) is 23.1 Å². The summed E-state index contributed by atoms with van der Waals surface area (Å²) in [4.78, 5) is 13.3. The first kappa shape index (κ1) is 20.0. The largest absolute Gasteiger partial charge is 0.336 e. The third-order valence-electron chi connectivity index (χ3n) is 4.20. The van der Waals surface area contributed by atoms with Gasteiger partial charge in [0.1, 0.15) is 16.5 Å². The number of piperazine rings is 1. The fourth-order valence-electron chi connectivity index (χ4n) is 2.78. The number of amides is 1. The average molecular weight is 435 g/mol. The van der Waals surface area contributed by atoms with Crippen LogP contribution in [-0.4, -0.2) is 49.7 Å². The van der Waals surface area contributed by atoms with Crippen molar-refractivity contribution in [3.8, 4) is 0 Å². The first-order valence-electron chi connectivity index (χ1n) is 7.89. The van der Waals surface area contributed by atoms with Gasteiger partial charge in [-0.1, -0.05) is 23.2 Å². The number of hydrogen-bond acceptors (Lipinski definition) is 3. The number of sulfonamides is 1. The SMILES string of the molecule is O=C(c1ccc(Cl)cc1Cl)N1CCN(S(=O)(=O)c2cc(F)ccc2F)CC1. The van der Waals surface area contributed by atoms with Gasteiger partial charge in [-0.2, -0.15) is 4.31 Å². The molecule has 5 nitrogen and oxygen atoms in total. The van der Waals surface area contributed by atoms with Gasteiger partial charge < -0.3 is 4.90 Å². The van der Waals surface area contributed by atoms with Gasteiger partial charge in [-0.3, -0.25) is 4.79 Å². The first-order chi connectivity index (χ1) is 12.7. The van der Waals surface area contributed by atoms with Crippen molar-refractivity contribution in [2.45, 2.75) is 4.90 Å². The topological polar surface area (TPSA) is 57.7 Å². The number of rotatable bonds is 3. The molecule has 0 spiro atoms. The number of hydrogen-bond donors (Lipinski definition) is 0. The molecule has 1 heterocycles. The van der Waals surface area contributed by atoms with E-state index in [2.05, 4.69) is 0 Å². The summed E-state index contributed by atoms with van der Waals surface area (Å²) in [7, 11) is -4.21. The fraction of sp³-hybridized carbons (Fsp3) is 0.235. The molecule has 1 saturated heterocycles. The highest BCUT2D eigenvalue weighted by Crippen LogP contribution is 2.25. The van der Waals surface area contributed by atoms with Crippen LogP contribution in [0.1, 0.15) is 10.4 Å². The molecule has 27 heavy (non-hydrogen) atoms. The summed E-state index contributed by atoms with van der Waals surface area (Å²) >= 11 is 11.9. The van der Waals surface area contributed by atoms with Gasteiger partial charge >= 0.3 is 0 Å². The molecule has 2 aromatic carbocycles. The summed E-state index contributed by atoms with van der Waals surface area (Å²) in [5.41, 5.74) is 0.258. The smallest absolute Gasteiger partial charge is 0.255 e. The van der Waals surface area contributed by atoms with Crippen molar-refractivity contribution in [2.24, 2.45) is 0 Å². The molecule has 0 N–H and O–H groups in total. The summed E-state index contributed by atoms with van der Waals surface area (Å²) in [6.07, 6.45) is 0. The Morgan fingerprint density at radius 1 is 0.963 bits per heavy atom. The Labute approximate surface area is 165 Å². The highest BCUT2D eigenvalue weighted by molar-refractivity contribution is 7.89. The molecule has 10 heteroatoms. The summed E-state index contributed by atoms with van der Waals surface area (Å²) in [6, 6.07) is 6.75. The van der Waals surface area contributed by atoms with Crippen LogP contribution in [0.5, 0.6) is 0 Å². The zero-order valence-electron chi connectivity index (χ0n) is 13.8. The molecule has 1 fully saturated rings. The molecule has 1 aliphatic rings. The Hall–Kier alpha value is -1.74. The van der Waals surface area contributed by atoms with Gasteiger partial charge in [-0.25, -0.2) is 17.2 Å². The van der Waals surface area contributed by atoms with Gasteiger partial charge in [0.05, 0.1) is 10.6 Å². The molecule has 3 rings (SSSR count). The maximum Gasteiger partial charge on any atom is 0.255 e. The second-order valence-corrected chi connectivity index (χ2v) is 8.65. The van der Waals surface area contributed by atoms with Crippen LogP contribution in [-0.2, 0) is 10.0 Å². The zero-order valence-corrected chi connectivity index (χ0v) is 16.2. The van der Waals surface area contributed by atoms with E-state index >= 15 is 0 Å². The van der Waals surface area contributed by atoms with E-state index in [0.717, 1.165) is 16.4 Å². The minimum Gasteiger partial charge on any atom is -0.336 e. The van der Waals surface area contributed by atoms with Crippen LogP contribution in [0, 0.1) is 11.6 Å². The second-order valence-electron chi connectivity index (χ2n) is 5.90. The van der Waals surface area contributed by atoms with Crippen molar-refractivity contribution in [3.05, 3.63) is 63.6 Å². The standard InChI is InChI=1S/C17H14Cl2F2N2O3S/c18-11-1-3-13(14(19)9-11)17(24)22-5-7-23(8-6-22)27(25,26)16-10-12(20)2-4-15(16)21/h1-4,9-10H,5-8H2. The highest BCUT2D eigenvalue weighted by Gasteiger charge is 2.32. The van der Waals surface area contributed by atoms with Crippen LogP contribution >= 0.6 is 23.2 Å². The molecule has 0 radical (unpaired) electrons. The molecule has 0 atom stereocenters. The van der Waals surface area contributed by atoms with Crippen LogP contribution in [0.3, 0.4) is 0 Å². The lowest BCUT2D eigenvalue weighted by Crippen LogP contribution is -2.50. The van der Waals surface area contributed by atoms with Gasteiger partial charge in [-0.05, 0) is 36.4 Å². The number of halogens is 4. The van der Waals surface area contributed by atoms with E-state index in [-0.39, 0.29) is 42.7 Å². The monoisotopic (exact) mass is 434 g/mol. The van der Waals surface area contributed by atoms with Gasteiger partial charge in [0.25, 0.3) is 5.91 Å². The number of nitrogens with zero attached hydrogens (tertiary/aromatic N) is 2. The summed E-state index contributed by atoms with van der Waals surface area (Å²) in [5.74, 6) is -2.23. The third kappa shape index (κ3) is 4.08. The van der Waals surface area contributed by atoms with Crippen LogP contribution in [0.2, 0.25) is 10.0 Å². The van der Waals surface area contributed by atoms with Crippen LogP contribution in [0.15, 0.2) is 41.3 Å². The van der Waals surface area contributed by atoms with E-state index in [4.69, 9.17) is 23.2 Å². The van der Waals surface area contributed by atoms with Gasteiger partial charge in [0, 0.05) is 31.2 Å². The molecule has 0 aromatic heterocycles. The Balaban J connectivity index is 1.75. The van der Waals surface area contributed by atoms with Crippen molar-refractivity contribution >= 4 is 39.1 Å². The molecule has 1 aliphatic heterocycles. The van der Waals surface area contributed by atoms with Crippen LogP contribution in [0.25, 0.3) is 0 Å². The number of carbonyl (C=O) groups excluding carboxylic acids is 1. The summed E-state index contributed by atoms with van der Waals surface area (Å²) < 4.78 is 53.4. The summed E-state index contributed by atoms with van der Waals surface area (Å²) in [6.45, 7) is 0.0897. The van der Waals surface area contributed by atoms with E-state index in [1.807, 2.05) is 0 Å². The predicted octanol–water partition coefficient (Wildman–Crippen LogP) is 3.42. The van der Waals surface area contributed by atoms with Crippen molar-refractivity contribution in [1.82, 2.24) is 9.21 Å². The Bertz CT molecular complexity index is 994. The summed E-state index contributed by atoms with van der Waals surface area (Å²) in [5, 5.41) is 0.592. The molecular weight excluding hydrogens is 421 g/mol. The molecule has 0 saturated carbocycles. The Morgan fingerprint density at radius 2 is 1.63 bits per heavy atom. The first-order valence-corrected chi connectivity index (χ1v) is 10.1. The molecule has 2 aromatic rings. The highest BCUT2D eigenvalue weighted by atomic mass is 35.5. The van der Waals surface area contributed by atoms with Gasteiger partial charge in [0.2, 0.25) is 10.0 Å². The lowest BCUT2D eigenvalue weighted by atomic mass is 10.2. The fourth-order valence-corrected chi connectivity index (χ4v) is 4.77. The van der Waals surface area contributed by atoms with Gasteiger partial charge in [-0.15, -0.1) is 0 Å². The molecular formula is C17H14Cl2F2N2O3S. The van der Waals surface area contributed by atoms with Crippen molar-refractivity contribution in [2.75, 3.05) is 26.2 Å². The molecule has 144 valence electrons. The van der Waals surface area contributed by atoms with Crippen molar-refractivity contribution < 1.29 is 22.0 Å². The van der Waals surface area contributed by atoms with E-state index in [0.29, 0.717) is 11.1 Å². The van der Waals surface area contributed by atoms with Gasteiger partial charge in [0.15, 0.2) is 0 Å². The molecule has 1 amide bonds. The Kier molecular flexibility index (Phi) is 5.71. The minimum atomic E-state index is -4.21. The van der Waals surface area contributed by atoms with E-state index in [9.17, 15) is 22.0 Å². The zero-order chi connectivity index (χ0) is 19.8. The Morgan fingerprint density at radius 3 is 2.26 bits per heavy atom. The number of carbonyl (C=O) groups is 1.